The van der Waals surface area contributed by atoms with E-state index in [0.29, 0.717) is 22.8 Å². The number of hydrazone groups is 1. The summed E-state index contributed by atoms with van der Waals surface area (Å²) in [5, 5.41) is 3.93. The molecule has 0 aliphatic rings. The van der Waals surface area contributed by atoms with E-state index in [0.717, 1.165) is 5.56 Å². The molecule has 132 valence electrons. The molecule has 1 N–H and O–H groups in total. The monoisotopic (exact) mass is 342 g/mol. The minimum absolute atomic E-state index is 0.116. The Labute approximate surface area is 147 Å². The van der Waals surface area contributed by atoms with Gasteiger partial charge in [0, 0.05) is 5.56 Å². The van der Waals surface area contributed by atoms with Gasteiger partial charge in [0.15, 0.2) is 6.61 Å². The van der Waals surface area contributed by atoms with Gasteiger partial charge in [0.05, 0.1) is 20.4 Å². The van der Waals surface area contributed by atoms with Crippen molar-refractivity contribution in [3.8, 4) is 17.2 Å². The fourth-order valence-corrected chi connectivity index (χ4v) is 2.10. The van der Waals surface area contributed by atoms with Gasteiger partial charge in [-0.15, -0.1) is 0 Å². The molecule has 0 aromatic heterocycles. The highest BCUT2D eigenvalue weighted by molar-refractivity contribution is 5.86. The molecule has 0 unspecified atom stereocenters. The van der Waals surface area contributed by atoms with Gasteiger partial charge in [-0.25, -0.2) is 5.43 Å². The van der Waals surface area contributed by atoms with Crippen molar-refractivity contribution < 1.29 is 19.0 Å². The molecule has 0 aliphatic heterocycles. The van der Waals surface area contributed by atoms with Crippen molar-refractivity contribution in [1.82, 2.24) is 5.43 Å². The molecule has 0 heterocycles. The molecule has 0 saturated heterocycles. The standard InChI is InChI=1S/C19H22N2O4/c1-13-5-6-17(9-14(13)2)25-12-19(22)21-20-11-15-10-16(23-3)7-8-18(15)24-4/h5-11H,12H2,1-4H3,(H,21,22)/b20-11+. The Kier molecular flexibility index (Phi) is 6.39. The summed E-state index contributed by atoms with van der Waals surface area (Å²) in [4.78, 5) is 11.8. The van der Waals surface area contributed by atoms with Crippen LogP contribution in [0.3, 0.4) is 0 Å². The average Bonchev–Trinajstić information content (AvgIpc) is 2.62. The van der Waals surface area contributed by atoms with Gasteiger partial charge >= 0.3 is 0 Å². The van der Waals surface area contributed by atoms with Crippen LogP contribution >= 0.6 is 0 Å². The third kappa shape index (κ3) is 5.24. The predicted octanol–water partition coefficient (Wildman–Crippen LogP) is 2.85. The van der Waals surface area contributed by atoms with Crippen LogP contribution < -0.4 is 19.6 Å². The Hall–Kier alpha value is -3.02. The summed E-state index contributed by atoms with van der Waals surface area (Å²) < 4.78 is 15.9. The van der Waals surface area contributed by atoms with Gasteiger partial charge in [-0.1, -0.05) is 6.07 Å². The average molecular weight is 342 g/mol. The number of rotatable bonds is 7. The van der Waals surface area contributed by atoms with Crippen molar-refractivity contribution in [2.45, 2.75) is 13.8 Å². The lowest BCUT2D eigenvalue weighted by Crippen LogP contribution is -2.24. The van der Waals surface area contributed by atoms with Gasteiger partial charge in [-0.3, -0.25) is 4.79 Å². The van der Waals surface area contributed by atoms with Crippen LogP contribution in [0.2, 0.25) is 0 Å². The van der Waals surface area contributed by atoms with Crippen LogP contribution in [0, 0.1) is 13.8 Å². The molecule has 2 aromatic rings. The molecule has 2 aromatic carbocycles. The first-order chi connectivity index (χ1) is 12.0. The van der Waals surface area contributed by atoms with E-state index in [1.54, 1.807) is 32.4 Å². The molecule has 0 spiro atoms. The first-order valence-electron chi connectivity index (χ1n) is 7.77. The SMILES string of the molecule is COc1ccc(OC)c(/C=N/NC(=O)COc2ccc(C)c(C)c2)c1. The van der Waals surface area contributed by atoms with Gasteiger partial charge in [0.2, 0.25) is 0 Å². The first kappa shape index (κ1) is 18.3. The second-order valence-corrected chi connectivity index (χ2v) is 5.44. The van der Waals surface area contributed by atoms with E-state index in [9.17, 15) is 4.79 Å². The second kappa shape index (κ2) is 8.73. The molecule has 0 atom stereocenters. The van der Waals surface area contributed by atoms with Crippen molar-refractivity contribution in [3.05, 3.63) is 53.1 Å². The van der Waals surface area contributed by atoms with Crippen LogP contribution in [0.5, 0.6) is 17.2 Å². The lowest BCUT2D eigenvalue weighted by atomic mass is 10.1. The third-order valence-corrected chi connectivity index (χ3v) is 3.68. The van der Waals surface area contributed by atoms with Gasteiger partial charge in [0.1, 0.15) is 17.2 Å². The maximum atomic E-state index is 11.8. The minimum Gasteiger partial charge on any atom is -0.497 e. The molecule has 6 nitrogen and oxygen atoms in total. The summed E-state index contributed by atoms with van der Waals surface area (Å²) in [6, 6.07) is 11.0. The highest BCUT2D eigenvalue weighted by atomic mass is 16.5. The van der Waals surface area contributed by atoms with Crippen LogP contribution in [0.4, 0.5) is 0 Å². The maximum Gasteiger partial charge on any atom is 0.277 e. The Morgan fingerprint density at radius 1 is 1.04 bits per heavy atom. The first-order valence-corrected chi connectivity index (χ1v) is 7.77. The Bertz CT molecular complexity index is 772. The lowest BCUT2D eigenvalue weighted by molar-refractivity contribution is -0.123. The lowest BCUT2D eigenvalue weighted by Gasteiger charge is -2.08. The minimum atomic E-state index is -0.351. The summed E-state index contributed by atoms with van der Waals surface area (Å²) in [6.45, 7) is 3.90. The summed E-state index contributed by atoms with van der Waals surface area (Å²) in [5.41, 5.74) is 5.40. The number of methoxy groups -OCH3 is 2. The highest BCUT2D eigenvalue weighted by Crippen LogP contribution is 2.22. The van der Waals surface area contributed by atoms with Crippen LogP contribution in [-0.4, -0.2) is 32.9 Å². The zero-order valence-electron chi connectivity index (χ0n) is 14.8. The Morgan fingerprint density at radius 3 is 2.48 bits per heavy atom. The van der Waals surface area contributed by atoms with Crippen molar-refractivity contribution in [2.24, 2.45) is 5.10 Å². The molecular weight excluding hydrogens is 320 g/mol. The second-order valence-electron chi connectivity index (χ2n) is 5.44. The van der Waals surface area contributed by atoms with Gasteiger partial charge < -0.3 is 14.2 Å². The summed E-state index contributed by atoms with van der Waals surface area (Å²) in [6.07, 6.45) is 1.50. The van der Waals surface area contributed by atoms with Gasteiger partial charge in [-0.05, 0) is 55.3 Å². The maximum absolute atomic E-state index is 11.8. The van der Waals surface area contributed by atoms with E-state index < -0.39 is 0 Å². The number of benzene rings is 2. The van der Waals surface area contributed by atoms with E-state index in [1.807, 2.05) is 32.0 Å². The predicted molar refractivity (Wildman–Crippen MR) is 96.7 cm³/mol. The summed E-state index contributed by atoms with van der Waals surface area (Å²) in [5.74, 6) is 1.60. The van der Waals surface area contributed by atoms with Crippen LogP contribution in [0.1, 0.15) is 16.7 Å². The molecule has 0 aliphatic carbocycles. The Morgan fingerprint density at radius 2 is 1.80 bits per heavy atom. The summed E-state index contributed by atoms with van der Waals surface area (Å²) in [7, 11) is 3.14. The fraction of sp³-hybridized carbons (Fsp3) is 0.263. The van der Waals surface area contributed by atoms with Gasteiger partial charge in [0.25, 0.3) is 5.91 Å². The molecular formula is C19H22N2O4. The number of carbonyl (C=O) groups is 1. The number of amides is 1. The molecule has 2 rings (SSSR count). The van der Waals surface area contributed by atoms with Crippen LogP contribution in [0.25, 0.3) is 0 Å². The molecule has 0 bridgehead atoms. The summed E-state index contributed by atoms with van der Waals surface area (Å²) >= 11 is 0. The number of carbonyl (C=O) groups excluding carboxylic acids is 1. The number of hydrogen-bond donors (Lipinski definition) is 1. The van der Waals surface area contributed by atoms with Crippen molar-refractivity contribution >= 4 is 12.1 Å². The smallest absolute Gasteiger partial charge is 0.277 e. The van der Waals surface area contributed by atoms with E-state index in [2.05, 4.69) is 10.5 Å². The molecule has 0 fully saturated rings. The molecule has 25 heavy (non-hydrogen) atoms. The number of hydrogen-bond acceptors (Lipinski definition) is 5. The van der Waals surface area contributed by atoms with E-state index in [1.165, 1.54) is 11.8 Å². The molecule has 0 radical (unpaired) electrons. The van der Waals surface area contributed by atoms with E-state index >= 15 is 0 Å². The van der Waals surface area contributed by atoms with Gasteiger partial charge in [-0.2, -0.15) is 5.10 Å². The van der Waals surface area contributed by atoms with E-state index in [4.69, 9.17) is 14.2 Å². The van der Waals surface area contributed by atoms with Crippen molar-refractivity contribution in [3.63, 3.8) is 0 Å². The molecule has 0 saturated carbocycles. The number of aryl methyl sites for hydroxylation is 2. The van der Waals surface area contributed by atoms with Crippen molar-refractivity contribution in [1.29, 1.82) is 0 Å². The van der Waals surface area contributed by atoms with Crippen LogP contribution in [-0.2, 0) is 4.79 Å². The zero-order chi connectivity index (χ0) is 18.2. The largest absolute Gasteiger partial charge is 0.497 e. The topological polar surface area (TPSA) is 69.2 Å². The highest BCUT2D eigenvalue weighted by Gasteiger charge is 2.05. The zero-order valence-corrected chi connectivity index (χ0v) is 14.8. The Balaban J connectivity index is 1.91. The quantitative estimate of drug-likeness (QED) is 0.620. The number of nitrogens with one attached hydrogen (secondary N) is 1. The number of nitrogens with zero attached hydrogens (tertiary/aromatic N) is 1. The van der Waals surface area contributed by atoms with Crippen molar-refractivity contribution in [2.75, 3.05) is 20.8 Å². The molecule has 1 amide bonds. The fourth-order valence-electron chi connectivity index (χ4n) is 2.10. The van der Waals surface area contributed by atoms with Crippen LogP contribution in [0.15, 0.2) is 41.5 Å². The van der Waals surface area contributed by atoms with E-state index in [-0.39, 0.29) is 12.5 Å². The molecule has 6 heteroatoms. The number of ether oxygens (including phenoxy) is 3. The normalized spacial score (nSPS) is 10.6. The third-order valence-electron chi connectivity index (χ3n) is 3.68.